The molecule has 0 spiro atoms. The van der Waals surface area contributed by atoms with E-state index >= 15 is 0 Å². The van der Waals surface area contributed by atoms with Crippen molar-refractivity contribution < 1.29 is 9.59 Å². The summed E-state index contributed by atoms with van der Waals surface area (Å²) >= 11 is 1.42. The van der Waals surface area contributed by atoms with Gasteiger partial charge in [-0.15, -0.1) is 0 Å². The Labute approximate surface area is 181 Å². The number of hydrogen-bond acceptors (Lipinski definition) is 6. The van der Waals surface area contributed by atoms with Gasteiger partial charge in [-0.05, 0) is 24.6 Å². The molecule has 0 radical (unpaired) electrons. The molecule has 31 heavy (non-hydrogen) atoms. The van der Waals surface area contributed by atoms with Gasteiger partial charge in [-0.3, -0.25) is 19.3 Å². The Hall–Kier alpha value is -3.59. The molecule has 2 N–H and O–H groups in total. The highest BCUT2D eigenvalue weighted by molar-refractivity contribution is 7.22. The molecule has 4 aromatic rings. The van der Waals surface area contributed by atoms with E-state index in [0.29, 0.717) is 22.4 Å². The Kier molecular flexibility index (Phi) is 5.77. The van der Waals surface area contributed by atoms with E-state index in [2.05, 4.69) is 10.1 Å². The van der Waals surface area contributed by atoms with Crippen LogP contribution in [0.4, 0.5) is 5.13 Å². The minimum absolute atomic E-state index is 0.0388. The van der Waals surface area contributed by atoms with Crippen molar-refractivity contribution in [1.82, 2.24) is 14.8 Å². The van der Waals surface area contributed by atoms with Gasteiger partial charge in [-0.1, -0.05) is 55.0 Å². The molecule has 9 heteroatoms. The van der Waals surface area contributed by atoms with Crippen LogP contribution in [-0.2, 0) is 11.3 Å². The topological polar surface area (TPSA) is 111 Å². The van der Waals surface area contributed by atoms with Crippen LogP contribution < -0.4 is 16.2 Å². The van der Waals surface area contributed by atoms with E-state index in [-0.39, 0.29) is 18.1 Å². The van der Waals surface area contributed by atoms with Gasteiger partial charge in [0.25, 0.3) is 17.4 Å². The average Bonchev–Trinajstić information content (AvgIpc) is 3.19. The number of aromatic nitrogens is 3. The van der Waals surface area contributed by atoms with E-state index in [1.54, 1.807) is 29.2 Å². The zero-order valence-corrected chi connectivity index (χ0v) is 17.8. The maximum absolute atomic E-state index is 13.2. The Morgan fingerprint density at radius 2 is 1.81 bits per heavy atom. The summed E-state index contributed by atoms with van der Waals surface area (Å²) < 4.78 is 1.99. The molecule has 0 bridgehead atoms. The Balaban J connectivity index is 1.73. The summed E-state index contributed by atoms with van der Waals surface area (Å²) in [5.41, 5.74) is 5.79. The number of thiazole rings is 1. The van der Waals surface area contributed by atoms with Gasteiger partial charge >= 0.3 is 0 Å². The number of para-hydroxylation sites is 1. The van der Waals surface area contributed by atoms with E-state index < -0.39 is 11.5 Å². The number of fused-ring (bicyclic) bond motifs is 2. The first-order valence-electron chi connectivity index (χ1n) is 9.95. The molecule has 2 amide bonds. The van der Waals surface area contributed by atoms with Crippen molar-refractivity contribution in [3.05, 3.63) is 64.6 Å². The first kappa shape index (κ1) is 20.7. The summed E-state index contributed by atoms with van der Waals surface area (Å²) in [6, 6.07) is 14.3. The molecule has 4 rings (SSSR count). The van der Waals surface area contributed by atoms with Crippen molar-refractivity contribution in [3.63, 3.8) is 0 Å². The van der Waals surface area contributed by atoms with Crippen LogP contribution in [0.25, 0.3) is 21.0 Å². The molecule has 0 saturated heterocycles. The number of carbonyl (C=O) groups is 2. The second-order valence-electron chi connectivity index (χ2n) is 7.08. The van der Waals surface area contributed by atoms with Crippen LogP contribution in [0.15, 0.2) is 53.3 Å². The molecule has 0 fully saturated rings. The van der Waals surface area contributed by atoms with Crippen molar-refractivity contribution >= 4 is 49.3 Å². The summed E-state index contributed by atoms with van der Waals surface area (Å²) in [6.07, 6.45) is 1.68. The average molecular weight is 436 g/mol. The highest BCUT2D eigenvalue weighted by Gasteiger charge is 2.22. The lowest BCUT2D eigenvalue weighted by Crippen LogP contribution is -2.39. The van der Waals surface area contributed by atoms with Crippen LogP contribution in [0, 0.1) is 0 Å². The molecule has 0 aliphatic rings. The molecule has 0 aliphatic heterocycles. The summed E-state index contributed by atoms with van der Waals surface area (Å²) in [5.74, 6) is -1.08. The number of anilines is 1. The number of nitrogens with two attached hydrogens (primary N) is 1. The number of rotatable bonds is 7. The molecule has 8 nitrogen and oxygen atoms in total. The summed E-state index contributed by atoms with van der Waals surface area (Å²) in [6.45, 7) is 2.19. The van der Waals surface area contributed by atoms with Crippen molar-refractivity contribution in [2.24, 2.45) is 5.73 Å². The molecule has 2 heterocycles. The fourth-order valence-corrected chi connectivity index (χ4v) is 4.37. The lowest BCUT2D eigenvalue weighted by molar-refractivity contribution is -0.119. The highest BCUT2D eigenvalue weighted by atomic mass is 32.1. The summed E-state index contributed by atoms with van der Waals surface area (Å²) in [4.78, 5) is 44.2. The second kappa shape index (κ2) is 8.65. The number of benzene rings is 2. The molecule has 158 valence electrons. The molecular formula is C22H21N5O3S. The van der Waals surface area contributed by atoms with E-state index in [9.17, 15) is 14.4 Å². The third-order valence-electron chi connectivity index (χ3n) is 4.94. The van der Waals surface area contributed by atoms with Gasteiger partial charge in [0, 0.05) is 11.9 Å². The van der Waals surface area contributed by atoms with Gasteiger partial charge in [-0.25, -0.2) is 9.67 Å². The quantitative estimate of drug-likeness (QED) is 0.480. The number of primary amides is 1. The van der Waals surface area contributed by atoms with Gasteiger partial charge in [0.2, 0.25) is 0 Å². The smallest absolute Gasteiger partial charge is 0.275 e. The lowest BCUT2D eigenvalue weighted by Gasteiger charge is -2.20. The Morgan fingerprint density at radius 3 is 2.52 bits per heavy atom. The number of carbonyl (C=O) groups excluding carboxylic acids is 2. The van der Waals surface area contributed by atoms with Crippen LogP contribution in [0.5, 0.6) is 0 Å². The highest BCUT2D eigenvalue weighted by Crippen LogP contribution is 2.29. The predicted molar refractivity (Wildman–Crippen MR) is 121 cm³/mol. The molecule has 2 aromatic heterocycles. The van der Waals surface area contributed by atoms with Crippen molar-refractivity contribution in [2.45, 2.75) is 26.3 Å². The second-order valence-corrected chi connectivity index (χ2v) is 8.09. The van der Waals surface area contributed by atoms with E-state index in [1.807, 2.05) is 31.2 Å². The third-order valence-corrected chi connectivity index (χ3v) is 6.00. The van der Waals surface area contributed by atoms with Gasteiger partial charge in [-0.2, -0.15) is 5.10 Å². The van der Waals surface area contributed by atoms with E-state index in [4.69, 9.17) is 5.73 Å². The summed E-state index contributed by atoms with van der Waals surface area (Å²) in [7, 11) is 0. The number of nitrogens with zero attached hydrogens (tertiary/aromatic N) is 4. The fourth-order valence-electron chi connectivity index (χ4n) is 3.36. The first-order chi connectivity index (χ1) is 15.0. The van der Waals surface area contributed by atoms with Gasteiger partial charge in [0.1, 0.15) is 6.54 Å². The lowest BCUT2D eigenvalue weighted by atomic mass is 10.1. The normalized spacial score (nSPS) is 11.1. The first-order valence-corrected chi connectivity index (χ1v) is 10.8. The van der Waals surface area contributed by atoms with Crippen LogP contribution in [-0.4, -0.2) is 33.1 Å². The van der Waals surface area contributed by atoms with E-state index in [1.165, 1.54) is 11.3 Å². The number of amides is 2. The standard InChI is InChI=1S/C22H21N5O3S/c1-2-3-12-26(22-24-16-10-6-7-11-17(16)31-22)18(28)13-27-21(30)15-9-5-4-8-14(15)19(25-27)20(23)29/h4-11H,2-3,12-13H2,1H3,(H2,23,29). The summed E-state index contributed by atoms with van der Waals surface area (Å²) in [5, 5.41) is 5.34. The monoisotopic (exact) mass is 435 g/mol. The number of unbranched alkanes of at least 4 members (excludes halogenated alkanes) is 1. The minimum atomic E-state index is -0.758. The van der Waals surface area contributed by atoms with Crippen molar-refractivity contribution in [1.29, 1.82) is 0 Å². The molecule has 2 aromatic carbocycles. The maximum atomic E-state index is 13.2. The van der Waals surface area contributed by atoms with E-state index in [0.717, 1.165) is 27.7 Å². The molecule has 0 aliphatic carbocycles. The Bertz CT molecular complexity index is 1310. The SMILES string of the molecule is CCCCN(C(=O)Cn1nc(C(N)=O)c2ccccc2c1=O)c1nc2ccccc2s1. The molecule has 0 unspecified atom stereocenters. The van der Waals surface area contributed by atoms with Crippen molar-refractivity contribution in [3.8, 4) is 0 Å². The van der Waals surface area contributed by atoms with Crippen LogP contribution in [0.1, 0.15) is 30.3 Å². The zero-order valence-electron chi connectivity index (χ0n) is 16.9. The zero-order chi connectivity index (χ0) is 22.0. The minimum Gasteiger partial charge on any atom is -0.364 e. The Morgan fingerprint density at radius 1 is 1.10 bits per heavy atom. The van der Waals surface area contributed by atoms with Gasteiger partial charge < -0.3 is 5.73 Å². The third kappa shape index (κ3) is 4.04. The van der Waals surface area contributed by atoms with Crippen LogP contribution >= 0.6 is 11.3 Å². The maximum Gasteiger partial charge on any atom is 0.275 e. The molecule has 0 atom stereocenters. The van der Waals surface area contributed by atoms with Gasteiger partial charge in [0.15, 0.2) is 10.8 Å². The molecule has 0 saturated carbocycles. The number of hydrogen-bond donors (Lipinski definition) is 1. The predicted octanol–water partition coefficient (Wildman–Crippen LogP) is 2.94. The van der Waals surface area contributed by atoms with Crippen molar-refractivity contribution in [2.75, 3.05) is 11.4 Å². The molecular weight excluding hydrogens is 414 g/mol. The largest absolute Gasteiger partial charge is 0.364 e. The van der Waals surface area contributed by atoms with Crippen LogP contribution in [0.3, 0.4) is 0 Å². The fraction of sp³-hybridized carbons (Fsp3) is 0.227. The van der Waals surface area contributed by atoms with Crippen LogP contribution in [0.2, 0.25) is 0 Å². The van der Waals surface area contributed by atoms with Gasteiger partial charge in [0.05, 0.1) is 15.6 Å².